The minimum atomic E-state index is -0.0256. The van der Waals surface area contributed by atoms with E-state index in [0.29, 0.717) is 28.8 Å². The summed E-state index contributed by atoms with van der Waals surface area (Å²) in [5.41, 5.74) is 6.08. The highest BCUT2D eigenvalue weighted by Crippen LogP contribution is 2.39. The van der Waals surface area contributed by atoms with E-state index >= 15 is 0 Å². The van der Waals surface area contributed by atoms with Gasteiger partial charge in [0, 0.05) is 12.1 Å². The van der Waals surface area contributed by atoms with Crippen molar-refractivity contribution in [3.8, 4) is 0 Å². The third kappa shape index (κ3) is 2.27. The van der Waals surface area contributed by atoms with E-state index in [2.05, 4.69) is 14.9 Å². The van der Waals surface area contributed by atoms with Gasteiger partial charge in [-0.15, -0.1) is 5.10 Å². The number of carbonyl (C=O) groups excluding carboxylic acids is 1. The van der Waals surface area contributed by atoms with E-state index in [1.165, 1.54) is 25.5 Å². The third-order valence-electron chi connectivity index (χ3n) is 4.26. The Morgan fingerprint density at radius 3 is 2.72 bits per heavy atom. The smallest absolute Gasteiger partial charge is 0.264 e. The van der Waals surface area contributed by atoms with Gasteiger partial charge in [0.25, 0.3) is 5.91 Å². The van der Waals surface area contributed by atoms with E-state index < -0.39 is 0 Å². The SMILES string of the molecule is NC1CC2CCCC(C1)C2NC(=O)c1cnns1. The molecule has 2 atom stereocenters. The monoisotopic (exact) mass is 266 g/mol. The Morgan fingerprint density at radius 1 is 1.39 bits per heavy atom. The molecule has 98 valence electrons. The first-order chi connectivity index (χ1) is 8.74. The van der Waals surface area contributed by atoms with E-state index in [0.717, 1.165) is 24.4 Å². The molecule has 2 aliphatic rings. The fourth-order valence-corrected chi connectivity index (χ4v) is 3.93. The zero-order valence-electron chi connectivity index (χ0n) is 10.2. The number of rotatable bonds is 2. The third-order valence-corrected chi connectivity index (χ3v) is 4.92. The predicted molar refractivity (Wildman–Crippen MR) is 69.2 cm³/mol. The molecule has 1 aromatic heterocycles. The first-order valence-corrected chi connectivity index (χ1v) is 7.35. The van der Waals surface area contributed by atoms with Crippen LogP contribution in [0.3, 0.4) is 0 Å². The van der Waals surface area contributed by atoms with Crippen LogP contribution in [0.25, 0.3) is 0 Å². The molecule has 1 aromatic rings. The van der Waals surface area contributed by atoms with Gasteiger partial charge in [-0.05, 0) is 49.1 Å². The molecule has 2 aliphatic carbocycles. The molecule has 0 radical (unpaired) electrons. The lowest BCUT2D eigenvalue weighted by Crippen LogP contribution is -2.53. The van der Waals surface area contributed by atoms with Gasteiger partial charge in [-0.3, -0.25) is 4.79 Å². The van der Waals surface area contributed by atoms with Crippen LogP contribution < -0.4 is 11.1 Å². The van der Waals surface area contributed by atoms with Crippen LogP contribution in [-0.4, -0.2) is 27.6 Å². The predicted octanol–water partition coefficient (Wildman–Crippen LogP) is 1.17. The van der Waals surface area contributed by atoms with Crippen LogP contribution in [0.5, 0.6) is 0 Å². The van der Waals surface area contributed by atoms with E-state index in [9.17, 15) is 4.79 Å². The molecular weight excluding hydrogens is 248 g/mol. The fourth-order valence-electron chi connectivity index (χ4n) is 3.51. The molecule has 2 fully saturated rings. The number of carbonyl (C=O) groups is 1. The molecule has 6 heteroatoms. The highest BCUT2D eigenvalue weighted by Gasteiger charge is 2.40. The van der Waals surface area contributed by atoms with E-state index in [1.54, 1.807) is 0 Å². The topological polar surface area (TPSA) is 80.9 Å². The Morgan fingerprint density at radius 2 is 2.11 bits per heavy atom. The second-order valence-corrected chi connectivity index (χ2v) is 6.25. The molecule has 3 N–H and O–H groups in total. The number of hydrogen-bond donors (Lipinski definition) is 2. The molecular formula is C12H18N4OS. The van der Waals surface area contributed by atoms with Crippen molar-refractivity contribution in [1.82, 2.24) is 14.9 Å². The summed E-state index contributed by atoms with van der Waals surface area (Å²) < 4.78 is 3.73. The highest BCUT2D eigenvalue weighted by atomic mass is 32.1. The lowest BCUT2D eigenvalue weighted by molar-refractivity contribution is 0.0759. The molecule has 3 rings (SSSR count). The lowest BCUT2D eigenvalue weighted by atomic mass is 9.67. The molecule has 5 nitrogen and oxygen atoms in total. The van der Waals surface area contributed by atoms with E-state index in [1.807, 2.05) is 0 Å². The Kier molecular flexibility index (Phi) is 3.30. The first-order valence-electron chi connectivity index (χ1n) is 6.58. The van der Waals surface area contributed by atoms with Crippen molar-refractivity contribution < 1.29 is 4.79 Å². The summed E-state index contributed by atoms with van der Waals surface area (Å²) in [5.74, 6) is 1.08. The molecule has 1 heterocycles. The largest absolute Gasteiger partial charge is 0.348 e. The van der Waals surface area contributed by atoms with Crippen LogP contribution in [-0.2, 0) is 0 Å². The molecule has 0 saturated heterocycles. The van der Waals surface area contributed by atoms with Crippen LogP contribution >= 0.6 is 11.5 Å². The van der Waals surface area contributed by atoms with Crippen molar-refractivity contribution >= 4 is 17.4 Å². The van der Waals surface area contributed by atoms with Gasteiger partial charge in [0.1, 0.15) is 4.88 Å². The van der Waals surface area contributed by atoms with Crippen LogP contribution in [0.15, 0.2) is 6.20 Å². The molecule has 2 bridgehead atoms. The summed E-state index contributed by atoms with van der Waals surface area (Å²) in [6.07, 6.45) is 7.28. The maximum absolute atomic E-state index is 12.1. The molecule has 2 saturated carbocycles. The number of nitrogens with one attached hydrogen (secondary N) is 1. The van der Waals surface area contributed by atoms with E-state index in [4.69, 9.17) is 5.73 Å². The van der Waals surface area contributed by atoms with E-state index in [-0.39, 0.29) is 5.91 Å². The van der Waals surface area contributed by atoms with Gasteiger partial charge in [0.2, 0.25) is 0 Å². The van der Waals surface area contributed by atoms with Gasteiger partial charge < -0.3 is 11.1 Å². The average molecular weight is 266 g/mol. The van der Waals surface area contributed by atoms with Gasteiger partial charge in [0.15, 0.2) is 0 Å². The van der Waals surface area contributed by atoms with Crippen molar-refractivity contribution in [2.24, 2.45) is 17.6 Å². The number of aromatic nitrogens is 2. The molecule has 0 aromatic carbocycles. The van der Waals surface area contributed by atoms with Crippen LogP contribution in [0.4, 0.5) is 0 Å². The summed E-state index contributed by atoms with van der Waals surface area (Å²) >= 11 is 1.15. The maximum Gasteiger partial charge on any atom is 0.264 e. The summed E-state index contributed by atoms with van der Waals surface area (Å²) in [4.78, 5) is 12.7. The molecule has 0 spiro atoms. The standard InChI is InChI=1S/C12H18N4OS/c13-9-4-7-2-1-3-8(5-9)11(7)15-12(17)10-6-14-16-18-10/h6-9,11H,1-5,13H2,(H,15,17). The summed E-state index contributed by atoms with van der Waals surface area (Å²) in [6.45, 7) is 0. The number of nitrogens with zero attached hydrogens (tertiary/aromatic N) is 2. The number of amides is 1. The summed E-state index contributed by atoms with van der Waals surface area (Å²) in [5, 5.41) is 6.89. The zero-order valence-corrected chi connectivity index (χ0v) is 11.0. The first kappa shape index (κ1) is 12.0. The average Bonchev–Trinajstić information content (AvgIpc) is 2.83. The van der Waals surface area contributed by atoms with Crippen molar-refractivity contribution in [2.45, 2.75) is 44.2 Å². The second-order valence-electron chi connectivity index (χ2n) is 5.46. The van der Waals surface area contributed by atoms with Gasteiger partial charge in [-0.2, -0.15) is 0 Å². The fraction of sp³-hybridized carbons (Fsp3) is 0.750. The van der Waals surface area contributed by atoms with Gasteiger partial charge in [-0.1, -0.05) is 10.9 Å². The minimum absolute atomic E-state index is 0.0256. The zero-order chi connectivity index (χ0) is 12.5. The van der Waals surface area contributed by atoms with Crippen molar-refractivity contribution in [2.75, 3.05) is 0 Å². The molecule has 1 amide bonds. The maximum atomic E-state index is 12.1. The Balaban J connectivity index is 1.70. The van der Waals surface area contributed by atoms with Crippen molar-refractivity contribution in [3.63, 3.8) is 0 Å². The van der Waals surface area contributed by atoms with Gasteiger partial charge in [-0.25, -0.2) is 0 Å². The van der Waals surface area contributed by atoms with Crippen LogP contribution in [0.2, 0.25) is 0 Å². The Labute approximate surface area is 110 Å². The number of fused-ring (bicyclic) bond motifs is 2. The molecule has 0 aliphatic heterocycles. The highest BCUT2D eigenvalue weighted by molar-refractivity contribution is 7.07. The second kappa shape index (κ2) is 4.93. The van der Waals surface area contributed by atoms with Crippen molar-refractivity contribution in [3.05, 3.63) is 11.1 Å². The Bertz CT molecular complexity index is 408. The summed E-state index contributed by atoms with van der Waals surface area (Å²) in [6, 6.07) is 0.617. The Hall–Kier alpha value is -1.01. The van der Waals surface area contributed by atoms with Crippen LogP contribution in [0, 0.1) is 11.8 Å². The van der Waals surface area contributed by atoms with Gasteiger partial charge in [0.05, 0.1) is 6.20 Å². The quantitative estimate of drug-likeness (QED) is 0.842. The minimum Gasteiger partial charge on any atom is -0.348 e. The molecule has 2 unspecified atom stereocenters. The number of nitrogens with two attached hydrogens (primary N) is 1. The molecule has 18 heavy (non-hydrogen) atoms. The van der Waals surface area contributed by atoms with Gasteiger partial charge >= 0.3 is 0 Å². The summed E-state index contributed by atoms with van der Waals surface area (Å²) in [7, 11) is 0. The van der Waals surface area contributed by atoms with Crippen LogP contribution in [0.1, 0.15) is 41.8 Å². The number of hydrogen-bond acceptors (Lipinski definition) is 5. The lowest BCUT2D eigenvalue weighted by Gasteiger charge is -2.45. The van der Waals surface area contributed by atoms with Crippen molar-refractivity contribution in [1.29, 1.82) is 0 Å². The normalized spacial score (nSPS) is 35.2.